The van der Waals surface area contributed by atoms with Crippen LogP contribution in [0.4, 0.5) is 9.18 Å². The van der Waals surface area contributed by atoms with Gasteiger partial charge in [0, 0.05) is 20.1 Å². The summed E-state index contributed by atoms with van der Waals surface area (Å²) >= 11 is 0. The third-order valence-electron chi connectivity index (χ3n) is 9.08. The van der Waals surface area contributed by atoms with Crippen molar-refractivity contribution in [1.82, 2.24) is 14.7 Å². The third kappa shape index (κ3) is 5.33. The van der Waals surface area contributed by atoms with E-state index >= 15 is 0 Å². The predicted molar refractivity (Wildman–Crippen MR) is 156 cm³/mol. The van der Waals surface area contributed by atoms with E-state index in [9.17, 15) is 9.18 Å². The van der Waals surface area contributed by atoms with Crippen LogP contribution in [0.5, 0.6) is 0 Å². The number of hydrogen-bond donors (Lipinski definition) is 0. The second-order valence-corrected chi connectivity index (χ2v) is 17.2. The van der Waals surface area contributed by atoms with Crippen LogP contribution in [0.15, 0.2) is 66.7 Å². The van der Waals surface area contributed by atoms with Crippen molar-refractivity contribution in [3.8, 4) is 0 Å². The van der Waals surface area contributed by atoms with Crippen LogP contribution in [0.1, 0.15) is 38.3 Å². The Kier molecular flexibility index (Phi) is 8.22. The second kappa shape index (κ2) is 10.9. The smallest absolute Gasteiger partial charge is 0.321 e. The minimum Gasteiger partial charge on any atom is -0.414 e. The molecule has 206 valence electrons. The summed E-state index contributed by atoms with van der Waals surface area (Å²) in [5.74, 6) is 0. The number of urea groups is 1. The van der Waals surface area contributed by atoms with Gasteiger partial charge in [-0.15, -0.1) is 0 Å². The van der Waals surface area contributed by atoms with E-state index in [1.165, 1.54) is 0 Å². The van der Waals surface area contributed by atoms with Crippen molar-refractivity contribution in [2.24, 2.45) is 0 Å². The second-order valence-electron chi connectivity index (χ2n) is 12.4. The molecule has 2 amide bonds. The van der Waals surface area contributed by atoms with Crippen LogP contribution < -0.4 is 0 Å². The molecule has 1 saturated heterocycles. The molecule has 1 fully saturated rings. The SMILES string of the molecule is CN1CCC(N(C)C(=O)N2CC(c3ccccc3)=C[C@@]2(CO[Si](C)(C)C(C)(C)C)c2ccccc2)C1CF. The zero-order valence-electron chi connectivity index (χ0n) is 24.1. The molecule has 2 heterocycles. The lowest BCUT2D eigenvalue weighted by Gasteiger charge is -2.45. The van der Waals surface area contributed by atoms with Crippen LogP contribution >= 0.6 is 0 Å². The molecule has 0 aromatic heterocycles. The van der Waals surface area contributed by atoms with Crippen LogP contribution in [0, 0.1) is 0 Å². The number of likely N-dealkylation sites (tertiary alicyclic amines) is 1. The van der Waals surface area contributed by atoms with E-state index in [0.717, 1.165) is 29.7 Å². The highest BCUT2D eigenvalue weighted by molar-refractivity contribution is 6.74. The Morgan fingerprint density at radius 1 is 1.11 bits per heavy atom. The molecule has 38 heavy (non-hydrogen) atoms. The van der Waals surface area contributed by atoms with Gasteiger partial charge in [0.15, 0.2) is 8.32 Å². The van der Waals surface area contributed by atoms with Gasteiger partial charge in [0.1, 0.15) is 12.2 Å². The standard InChI is InChI=1S/C31H44FN3O2Si/c1-30(2,3)38(6,7)37-23-31(26-16-12-9-13-17-26)20-25(24-14-10-8-11-15-24)22-35(31)29(36)34(5)27-18-19-33(4)28(27)21-32/h8-17,20,27-28H,18-19,21-23H2,1-7H3/t27?,28?,31-/m1/s1. The van der Waals surface area contributed by atoms with E-state index in [4.69, 9.17) is 4.43 Å². The van der Waals surface area contributed by atoms with E-state index in [2.05, 4.69) is 64.2 Å². The minimum absolute atomic E-state index is 0.0316. The molecule has 7 heteroatoms. The maximum Gasteiger partial charge on any atom is 0.321 e. The number of halogens is 1. The quantitative estimate of drug-likeness (QED) is 0.384. The molecule has 0 N–H and O–H groups in total. The first-order chi connectivity index (χ1) is 17.9. The molecular weight excluding hydrogens is 493 g/mol. The monoisotopic (exact) mass is 537 g/mol. The van der Waals surface area contributed by atoms with Crippen molar-refractivity contribution in [3.63, 3.8) is 0 Å². The molecule has 5 nitrogen and oxygen atoms in total. The fourth-order valence-electron chi connectivity index (χ4n) is 5.46. The molecule has 2 aliphatic heterocycles. The summed E-state index contributed by atoms with van der Waals surface area (Å²) in [4.78, 5) is 20.2. The Balaban J connectivity index is 1.80. The highest BCUT2D eigenvalue weighted by atomic mass is 28.4. The normalized spacial score (nSPS) is 24.5. The first kappa shape index (κ1) is 28.5. The van der Waals surface area contributed by atoms with E-state index < -0.39 is 20.5 Å². The van der Waals surface area contributed by atoms with Gasteiger partial charge >= 0.3 is 6.03 Å². The Hall–Kier alpha value is -2.48. The topological polar surface area (TPSA) is 36.0 Å². The summed E-state index contributed by atoms with van der Waals surface area (Å²) in [6.45, 7) is 12.4. The van der Waals surface area contributed by atoms with Gasteiger partial charge < -0.3 is 14.2 Å². The van der Waals surface area contributed by atoms with Crippen molar-refractivity contribution < 1.29 is 13.6 Å². The molecular formula is C31H44FN3O2Si. The summed E-state index contributed by atoms with van der Waals surface area (Å²) in [5, 5.41) is 0.0316. The van der Waals surface area contributed by atoms with Crippen molar-refractivity contribution in [3.05, 3.63) is 77.9 Å². The van der Waals surface area contributed by atoms with Crippen LogP contribution in [-0.4, -0.2) is 81.6 Å². The van der Waals surface area contributed by atoms with Gasteiger partial charge in [-0.1, -0.05) is 81.4 Å². The maximum absolute atomic E-state index is 14.4. The summed E-state index contributed by atoms with van der Waals surface area (Å²) in [5.41, 5.74) is 2.45. The third-order valence-corrected chi connectivity index (χ3v) is 13.6. The first-order valence-corrected chi connectivity index (χ1v) is 16.6. The van der Waals surface area contributed by atoms with Gasteiger partial charge in [-0.2, -0.15) is 0 Å². The highest BCUT2D eigenvalue weighted by Gasteiger charge is 2.50. The van der Waals surface area contributed by atoms with Gasteiger partial charge in [-0.3, -0.25) is 4.90 Å². The predicted octanol–water partition coefficient (Wildman–Crippen LogP) is 6.40. The lowest BCUT2D eigenvalue weighted by atomic mass is 9.89. The largest absolute Gasteiger partial charge is 0.414 e. The van der Waals surface area contributed by atoms with Crippen molar-refractivity contribution in [1.29, 1.82) is 0 Å². The van der Waals surface area contributed by atoms with Crippen molar-refractivity contribution in [2.45, 2.75) is 62.9 Å². The molecule has 0 aliphatic carbocycles. The van der Waals surface area contributed by atoms with E-state index in [-0.39, 0.29) is 23.2 Å². The maximum atomic E-state index is 14.4. The molecule has 2 aromatic rings. The number of alkyl halides is 1. The lowest BCUT2D eigenvalue weighted by molar-refractivity contribution is 0.0759. The van der Waals surface area contributed by atoms with Gasteiger partial charge in [-0.25, -0.2) is 9.18 Å². The van der Waals surface area contributed by atoms with Gasteiger partial charge in [0.25, 0.3) is 0 Å². The Morgan fingerprint density at radius 3 is 2.29 bits per heavy atom. The molecule has 0 spiro atoms. The number of benzene rings is 2. The number of carbonyl (C=O) groups excluding carboxylic acids is 1. The number of likely N-dealkylation sites (N-methyl/N-ethyl adjacent to an activating group) is 2. The van der Waals surface area contributed by atoms with Gasteiger partial charge in [0.05, 0.1) is 18.7 Å². The van der Waals surface area contributed by atoms with Gasteiger partial charge in [0.2, 0.25) is 0 Å². The summed E-state index contributed by atoms with van der Waals surface area (Å²) in [7, 11) is 1.64. The molecule has 2 aromatic carbocycles. The van der Waals surface area contributed by atoms with Crippen LogP contribution in [-0.2, 0) is 9.96 Å². The number of amides is 2. The van der Waals surface area contributed by atoms with Crippen LogP contribution in [0.25, 0.3) is 5.57 Å². The number of hydrogen-bond acceptors (Lipinski definition) is 3. The summed E-state index contributed by atoms with van der Waals surface area (Å²) in [6.07, 6.45) is 3.00. The van der Waals surface area contributed by atoms with Crippen molar-refractivity contribution in [2.75, 3.05) is 40.5 Å². The molecule has 0 bridgehead atoms. The fraction of sp³-hybridized carbons (Fsp3) is 0.516. The van der Waals surface area contributed by atoms with E-state index in [1.54, 1.807) is 4.90 Å². The van der Waals surface area contributed by atoms with E-state index in [0.29, 0.717) is 13.2 Å². The molecule has 2 unspecified atom stereocenters. The Labute approximate surface area is 229 Å². The van der Waals surface area contributed by atoms with Crippen molar-refractivity contribution >= 4 is 19.9 Å². The fourth-order valence-corrected chi connectivity index (χ4v) is 6.47. The molecule has 3 atom stereocenters. The molecule has 0 saturated carbocycles. The molecule has 2 aliphatic rings. The lowest BCUT2D eigenvalue weighted by Crippen LogP contribution is -2.57. The molecule has 4 rings (SSSR count). The average Bonchev–Trinajstić information content (AvgIpc) is 3.48. The summed E-state index contributed by atoms with van der Waals surface area (Å²) in [6, 6.07) is 19.9. The van der Waals surface area contributed by atoms with E-state index in [1.807, 2.05) is 60.3 Å². The summed E-state index contributed by atoms with van der Waals surface area (Å²) < 4.78 is 20.9. The zero-order valence-corrected chi connectivity index (χ0v) is 25.1. The van der Waals surface area contributed by atoms with Gasteiger partial charge in [-0.05, 0) is 54.4 Å². The number of rotatable bonds is 7. The average molecular weight is 538 g/mol. The Morgan fingerprint density at radius 2 is 1.71 bits per heavy atom. The minimum atomic E-state index is -2.13. The zero-order chi connectivity index (χ0) is 27.7. The molecule has 0 radical (unpaired) electrons. The number of carbonyl (C=O) groups is 1. The van der Waals surface area contributed by atoms with Crippen LogP contribution in [0.3, 0.4) is 0 Å². The Bertz CT molecular complexity index is 1130. The first-order valence-electron chi connectivity index (χ1n) is 13.7. The highest BCUT2D eigenvalue weighted by Crippen LogP contribution is 2.44. The number of nitrogens with zero attached hydrogens (tertiary/aromatic N) is 3. The van der Waals surface area contributed by atoms with Crippen LogP contribution in [0.2, 0.25) is 18.1 Å².